The van der Waals surface area contributed by atoms with E-state index in [1.54, 1.807) is 0 Å². The zero-order valence-electron chi connectivity index (χ0n) is 9.27. The fourth-order valence-electron chi connectivity index (χ4n) is 1.59. The van der Waals surface area contributed by atoms with Crippen LogP contribution < -0.4 is 0 Å². The number of nitrogens with zero attached hydrogens (tertiary/aromatic N) is 2. The van der Waals surface area contributed by atoms with Crippen LogP contribution in [-0.4, -0.2) is 9.78 Å². The Balaban J connectivity index is 2.25. The first-order valence-electron chi connectivity index (χ1n) is 5.41. The van der Waals surface area contributed by atoms with Crippen molar-refractivity contribution in [2.45, 2.75) is 26.7 Å². The predicted octanol–water partition coefficient (Wildman–Crippen LogP) is 3.13. The largest absolute Gasteiger partial charge is 0.241 e. The van der Waals surface area contributed by atoms with Crippen molar-refractivity contribution in [3.63, 3.8) is 0 Å². The summed E-state index contributed by atoms with van der Waals surface area (Å²) in [6, 6.07) is 10.5. The molecule has 1 aromatic heterocycles. The quantitative estimate of drug-likeness (QED) is 0.744. The molecule has 15 heavy (non-hydrogen) atoms. The van der Waals surface area contributed by atoms with E-state index in [9.17, 15) is 0 Å². The highest BCUT2D eigenvalue weighted by Gasteiger charge is 1.99. The number of benzene rings is 1. The molecule has 2 rings (SSSR count). The van der Waals surface area contributed by atoms with Gasteiger partial charge in [0, 0.05) is 6.20 Å². The summed E-state index contributed by atoms with van der Waals surface area (Å²) in [7, 11) is 0. The Morgan fingerprint density at radius 1 is 1.13 bits per heavy atom. The van der Waals surface area contributed by atoms with Crippen molar-refractivity contribution in [2.75, 3.05) is 0 Å². The summed E-state index contributed by atoms with van der Waals surface area (Å²) >= 11 is 0. The van der Waals surface area contributed by atoms with E-state index in [-0.39, 0.29) is 0 Å². The van der Waals surface area contributed by atoms with Crippen molar-refractivity contribution in [1.82, 2.24) is 9.78 Å². The Hall–Kier alpha value is -1.57. The minimum absolute atomic E-state index is 1.05. The van der Waals surface area contributed by atoms with Gasteiger partial charge in [-0.3, -0.25) is 0 Å². The summed E-state index contributed by atoms with van der Waals surface area (Å²) in [6.45, 7) is 4.26. The molecule has 0 radical (unpaired) electrons. The van der Waals surface area contributed by atoms with E-state index in [4.69, 9.17) is 0 Å². The van der Waals surface area contributed by atoms with E-state index >= 15 is 0 Å². The molecule has 0 aliphatic heterocycles. The molecule has 1 heterocycles. The first-order valence-corrected chi connectivity index (χ1v) is 5.41. The van der Waals surface area contributed by atoms with E-state index < -0.39 is 0 Å². The van der Waals surface area contributed by atoms with E-state index in [1.165, 1.54) is 5.56 Å². The van der Waals surface area contributed by atoms with Crippen molar-refractivity contribution < 1.29 is 0 Å². The zero-order chi connectivity index (χ0) is 10.7. The normalized spacial score (nSPS) is 10.5. The maximum atomic E-state index is 4.52. The van der Waals surface area contributed by atoms with E-state index in [1.807, 2.05) is 10.9 Å². The molecule has 0 aliphatic carbocycles. The Bertz CT molecular complexity index is 426. The van der Waals surface area contributed by atoms with Crippen LogP contribution in [0.1, 0.15) is 24.6 Å². The van der Waals surface area contributed by atoms with Gasteiger partial charge in [-0.25, -0.2) is 4.68 Å². The molecule has 0 unspecified atom stereocenters. The molecule has 0 N–H and O–H groups in total. The summed E-state index contributed by atoms with van der Waals surface area (Å²) in [5, 5.41) is 4.52. The summed E-state index contributed by atoms with van der Waals surface area (Å²) in [5.41, 5.74) is 3.57. The van der Waals surface area contributed by atoms with Crippen LogP contribution in [0, 0.1) is 6.92 Å². The lowest BCUT2D eigenvalue weighted by Gasteiger charge is -2.01. The average molecular weight is 200 g/mol. The number of rotatable bonds is 3. The Morgan fingerprint density at radius 3 is 2.53 bits per heavy atom. The average Bonchev–Trinajstić information content (AvgIpc) is 2.68. The smallest absolute Gasteiger partial charge is 0.0645 e. The van der Waals surface area contributed by atoms with E-state index in [2.05, 4.69) is 49.3 Å². The maximum absolute atomic E-state index is 4.52. The second-order valence-corrected chi connectivity index (χ2v) is 3.84. The lowest BCUT2D eigenvalue weighted by Crippen LogP contribution is -1.95. The topological polar surface area (TPSA) is 17.8 Å². The minimum atomic E-state index is 1.05. The van der Waals surface area contributed by atoms with Crippen molar-refractivity contribution in [3.05, 3.63) is 47.8 Å². The SMILES string of the molecule is CCCc1ccn(-c2ccc(C)cc2)n1. The molecule has 0 atom stereocenters. The standard InChI is InChI=1S/C13H16N2/c1-3-4-12-9-10-15(14-12)13-7-5-11(2)6-8-13/h5-10H,3-4H2,1-2H3. The van der Waals surface area contributed by atoms with Gasteiger partial charge in [-0.05, 0) is 31.5 Å². The summed E-state index contributed by atoms with van der Waals surface area (Å²) in [4.78, 5) is 0. The fourth-order valence-corrected chi connectivity index (χ4v) is 1.59. The Morgan fingerprint density at radius 2 is 1.87 bits per heavy atom. The molecule has 0 fully saturated rings. The van der Waals surface area contributed by atoms with Crippen LogP contribution in [0.3, 0.4) is 0 Å². The van der Waals surface area contributed by atoms with Gasteiger partial charge in [-0.2, -0.15) is 5.10 Å². The third kappa shape index (κ3) is 2.27. The number of hydrogen-bond acceptors (Lipinski definition) is 1. The van der Waals surface area contributed by atoms with E-state index in [0.717, 1.165) is 24.2 Å². The van der Waals surface area contributed by atoms with Crippen LogP contribution in [0.15, 0.2) is 36.5 Å². The molecule has 0 amide bonds. The van der Waals surface area contributed by atoms with Gasteiger partial charge < -0.3 is 0 Å². The highest BCUT2D eigenvalue weighted by atomic mass is 15.3. The third-order valence-electron chi connectivity index (χ3n) is 2.45. The van der Waals surface area contributed by atoms with Gasteiger partial charge in [0.25, 0.3) is 0 Å². The summed E-state index contributed by atoms with van der Waals surface area (Å²) in [6.07, 6.45) is 4.22. The highest BCUT2D eigenvalue weighted by Crippen LogP contribution is 2.09. The Kier molecular flexibility index (Phi) is 2.86. The van der Waals surface area contributed by atoms with Crippen LogP contribution >= 0.6 is 0 Å². The molecule has 0 aliphatic rings. The van der Waals surface area contributed by atoms with Gasteiger partial charge in [-0.15, -0.1) is 0 Å². The molecule has 0 saturated heterocycles. The molecule has 1 aromatic carbocycles. The van der Waals surface area contributed by atoms with Gasteiger partial charge in [0.15, 0.2) is 0 Å². The van der Waals surface area contributed by atoms with E-state index in [0.29, 0.717) is 0 Å². The number of aromatic nitrogens is 2. The monoisotopic (exact) mass is 200 g/mol. The first-order chi connectivity index (χ1) is 7.29. The molecule has 78 valence electrons. The fraction of sp³-hybridized carbons (Fsp3) is 0.308. The predicted molar refractivity (Wildman–Crippen MR) is 62.3 cm³/mol. The molecule has 0 saturated carbocycles. The molecular weight excluding hydrogens is 184 g/mol. The van der Waals surface area contributed by atoms with Crippen molar-refractivity contribution in [1.29, 1.82) is 0 Å². The van der Waals surface area contributed by atoms with Crippen LogP contribution in [0.5, 0.6) is 0 Å². The maximum Gasteiger partial charge on any atom is 0.0645 e. The van der Waals surface area contributed by atoms with Crippen LogP contribution in [0.25, 0.3) is 5.69 Å². The molecule has 0 bridgehead atoms. The lowest BCUT2D eigenvalue weighted by atomic mass is 10.2. The van der Waals surface area contributed by atoms with Crippen LogP contribution in [0.2, 0.25) is 0 Å². The van der Waals surface area contributed by atoms with Crippen LogP contribution in [0.4, 0.5) is 0 Å². The zero-order valence-corrected chi connectivity index (χ0v) is 9.27. The molecule has 2 heteroatoms. The Labute approximate surface area is 90.6 Å². The van der Waals surface area contributed by atoms with Crippen LogP contribution in [-0.2, 0) is 6.42 Å². The van der Waals surface area contributed by atoms with Gasteiger partial charge in [0.2, 0.25) is 0 Å². The number of aryl methyl sites for hydroxylation is 2. The molecule has 2 nitrogen and oxygen atoms in total. The second kappa shape index (κ2) is 4.30. The lowest BCUT2D eigenvalue weighted by molar-refractivity contribution is 0.806. The molecule has 2 aromatic rings. The number of hydrogen-bond donors (Lipinski definition) is 0. The summed E-state index contributed by atoms with van der Waals surface area (Å²) < 4.78 is 1.93. The van der Waals surface area contributed by atoms with Crippen molar-refractivity contribution in [2.24, 2.45) is 0 Å². The van der Waals surface area contributed by atoms with Crippen molar-refractivity contribution >= 4 is 0 Å². The van der Waals surface area contributed by atoms with Gasteiger partial charge in [0.1, 0.15) is 0 Å². The first kappa shape index (κ1) is 9.97. The summed E-state index contributed by atoms with van der Waals surface area (Å²) in [5.74, 6) is 0. The van der Waals surface area contributed by atoms with Crippen molar-refractivity contribution in [3.8, 4) is 5.69 Å². The van der Waals surface area contributed by atoms with Gasteiger partial charge in [0.05, 0.1) is 11.4 Å². The van der Waals surface area contributed by atoms with Gasteiger partial charge in [-0.1, -0.05) is 31.0 Å². The third-order valence-corrected chi connectivity index (χ3v) is 2.45. The highest BCUT2D eigenvalue weighted by molar-refractivity contribution is 5.33. The van der Waals surface area contributed by atoms with Gasteiger partial charge >= 0.3 is 0 Å². The minimum Gasteiger partial charge on any atom is -0.241 e. The molecule has 0 spiro atoms. The second-order valence-electron chi connectivity index (χ2n) is 3.84. The molecular formula is C13H16N2.